The predicted octanol–water partition coefficient (Wildman–Crippen LogP) is 4.38. The zero-order valence-corrected chi connectivity index (χ0v) is 20.4. The summed E-state index contributed by atoms with van der Waals surface area (Å²) in [6, 6.07) is 6.62. The normalized spacial score (nSPS) is 12.4. The minimum absolute atomic E-state index is 0.170. The molecule has 1 N–H and O–H groups in total. The first-order chi connectivity index (χ1) is 16.4. The summed E-state index contributed by atoms with van der Waals surface area (Å²) in [5.74, 6) is -2.61. The van der Waals surface area contributed by atoms with Crippen LogP contribution in [0.2, 0.25) is 0 Å². The predicted molar refractivity (Wildman–Crippen MR) is 127 cm³/mol. The molecule has 0 radical (unpaired) electrons. The molecular formula is C25H29F2N3O5. The van der Waals surface area contributed by atoms with E-state index >= 15 is 0 Å². The number of nitrogens with one attached hydrogen (secondary N) is 1. The maximum Gasteiger partial charge on any atom is 0.419 e. The van der Waals surface area contributed by atoms with Gasteiger partial charge in [-0.05, 0) is 70.5 Å². The number of alkyl carbamates (subject to hydrolysis) is 1. The Balaban J connectivity index is 1.98. The lowest BCUT2D eigenvalue weighted by atomic mass is 10.0. The fourth-order valence-corrected chi connectivity index (χ4v) is 3.79. The molecule has 0 saturated carbocycles. The summed E-state index contributed by atoms with van der Waals surface area (Å²) in [6.45, 7) is 9.18. The van der Waals surface area contributed by atoms with Crippen LogP contribution in [-0.4, -0.2) is 34.8 Å². The number of aromatic nitrogens is 1. The van der Waals surface area contributed by atoms with E-state index in [0.717, 1.165) is 18.2 Å². The highest BCUT2D eigenvalue weighted by atomic mass is 19.1. The van der Waals surface area contributed by atoms with E-state index < -0.39 is 41.0 Å². The summed E-state index contributed by atoms with van der Waals surface area (Å²) in [6.07, 6.45) is -1.01. The van der Waals surface area contributed by atoms with Crippen molar-refractivity contribution in [2.45, 2.75) is 59.2 Å². The number of rotatable bonds is 7. The van der Waals surface area contributed by atoms with Crippen LogP contribution in [0.4, 0.5) is 19.3 Å². The van der Waals surface area contributed by atoms with Crippen LogP contribution >= 0.6 is 0 Å². The van der Waals surface area contributed by atoms with Crippen LogP contribution in [0.15, 0.2) is 45.6 Å². The quantitative estimate of drug-likeness (QED) is 0.532. The Morgan fingerprint density at radius 3 is 2.34 bits per heavy atom. The molecule has 2 aromatic carbocycles. The van der Waals surface area contributed by atoms with Gasteiger partial charge in [0.25, 0.3) is 0 Å². The Kier molecular flexibility index (Phi) is 7.62. The number of oxazole rings is 1. The third-order valence-corrected chi connectivity index (χ3v) is 5.21. The van der Waals surface area contributed by atoms with Gasteiger partial charge in [0.05, 0.1) is 5.52 Å². The van der Waals surface area contributed by atoms with Gasteiger partial charge in [0.2, 0.25) is 5.91 Å². The monoisotopic (exact) mass is 489 g/mol. The Hall–Kier alpha value is -3.69. The lowest BCUT2D eigenvalue weighted by Crippen LogP contribution is -2.51. The second-order valence-electron chi connectivity index (χ2n) is 9.03. The first-order valence-corrected chi connectivity index (χ1v) is 11.3. The average Bonchev–Trinajstić information content (AvgIpc) is 3.05. The van der Waals surface area contributed by atoms with Gasteiger partial charge in [-0.25, -0.2) is 18.4 Å². The molecule has 1 aromatic heterocycles. The number of likely N-dealkylation sites (N-methyl/N-ethyl adjacent to an activating group) is 1. The number of nitrogens with zero attached hydrogens (tertiary/aromatic N) is 2. The van der Waals surface area contributed by atoms with Gasteiger partial charge in [-0.3, -0.25) is 9.36 Å². The van der Waals surface area contributed by atoms with Crippen molar-refractivity contribution in [3.63, 3.8) is 0 Å². The lowest BCUT2D eigenvalue weighted by Gasteiger charge is -2.28. The summed E-state index contributed by atoms with van der Waals surface area (Å²) in [7, 11) is 0. The molecule has 2 amide bonds. The topological polar surface area (TPSA) is 93.8 Å². The molecule has 1 heterocycles. The zero-order chi connectivity index (χ0) is 25.9. The second kappa shape index (κ2) is 10.3. The van der Waals surface area contributed by atoms with Crippen molar-refractivity contribution in [1.82, 2.24) is 9.88 Å². The maximum absolute atomic E-state index is 13.8. The number of carbonyl (C=O) groups excluding carboxylic acids is 2. The van der Waals surface area contributed by atoms with Crippen molar-refractivity contribution < 1.29 is 27.5 Å². The zero-order valence-electron chi connectivity index (χ0n) is 20.4. The van der Waals surface area contributed by atoms with E-state index in [0.29, 0.717) is 23.3 Å². The molecule has 188 valence electrons. The molecule has 8 nitrogen and oxygen atoms in total. The number of halogens is 2. The van der Waals surface area contributed by atoms with Crippen molar-refractivity contribution in [1.29, 1.82) is 0 Å². The van der Waals surface area contributed by atoms with Crippen molar-refractivity contribution in [3.05, 3.63) is 64.1 Å². The van der Waals surface area contributed by atoms with Crippen LogP contribution in [0.3, 0.4) is 0 Å². The number of ether oxygens (including phenoxy) is 1. The number of anilines is 1. The van der Waals surface area contributed by atoms with Gasteiger partial charge < -0.3 is 19.4 Å². The Bertz CT molecular complexity index is 1270. The molecule has 3 rings (SSSR count). The van der Waals surface area contributed by atoms with Crippen LogP contribution in [0.25, 0.3) is 11.1 Å². The molecular weight excluding hydrogens is 460 g/mol. The highest BCUT2D eigenvalue weighted by molar-refractivity contribution is 6.00. The molecule has 0 aliphatic heterocycles. The van der Waals surface area contributed by atoms with Crippen LogP contribution in [0.1, 0.15) is 40.2 Å². The molecule has 1 unspecified atom stereocenters. The number of carbonyl (C=O) groups is 2. The van der Waals surface area contributed by atoms with Crippen molar-refractivity contribution in [2.24, 2.45) is 0 Å². The molecule has 0 aliphatic carbocycles. The summed E-state index contributed by atoms with van der Waals surface area (Å²) in [4.78, 5) is 39.6. The van der Waals surface area contributed by atoms with Crippen molar-refractivity contribution in [3.8, 4) is 0 Å². The van der Waals surface area contributed by atoms with Crippen LogP contribution in [-0.2, 0) is 22.5 Å². The summed E-state index contributed by atoms with van der Waals surface area (Å²) in [5.41, 5.74) is 0.740. The molecule has 10 heteroatoms. The van der Waals surface area contributed by atoms with E-state index in [2.05, 4.69) is 5.32 Å². The summed E-state index contributed by atoms with van der Waals surface area (Å²) >= 11 is 0. The number of amides is 2. The van der Waals surface area contributed by atoms with E-state index in [1.54, 1.807) is 52.8 Å². The van der Waals surface area contributed by atoms with Crippen LogP contribution in [0, 0.1) is 11.6 Å². The van der Waals surface area contributed by atoms with Gasteiger partial charge in [0.1, 0.15) is 23.3 Å². The van der Waals surface area contributed by atoms with E-state index in [9.17, 15) is 23.2 Å². The number of aryl methyl sites for hydroxylation is 1. The third-order valence-electron chi connectivity index (χ3n) is 5.21. The van der Waals surface area contributed by atoms with Gasteiger partial charge >= 0.3 is 11.8 Å². The molecule has 1 atom stereocenters. The fourth-order valence-electron chi connectivity index (χ4n) is 3.79. The molecule has 0 saturated heterocycles. The number of benzene rings is 2. The van der Waals surface area contributed by atoms with Gasteiger partial charge in [0, 0.05) is 31.3 Å². The number of hydrogen-bond acceptors (Lipinski definition) is 5. The van der Waals surface area contributed by atoms with Gasteiger partial charge in [-0.1, -0.05) is 0 Å². The van der Waals surface area contributed by atoms with E-state index in [4.69, 9.17) is 9.15 Å². The Morgan fingerprint density at radius 1 is 1.11 bits per heavy atom. The van der Waals surface area contributed by atoms with Crippen molar-refractivity contribution >= 4 is 28.8 Å². The minimum atomic E-state index is -1.18. The average molecular weight is 490 g/mol. The first-order valence-electron chi connectivity index (χ1n) is 11.3. The summed E-state index contributed by atoms with van der Waals surface area (Å²) < 4.78 is 39.5. The Labute approximate surface area is 201 Å². The number of hydrogen-bond donors (Lipinski definition) is 1. The molecule has 3 aromatic rings. The molecule has 35 heavy (non-hydrogen) atoms. The van der Waals surface area contributed by atoms with Gasteiger partial charge in [-0.2, -0.15) is 0 Å². The van der Waals surface area contributed by atoms with Crippen molar-refractivity contribution in [2.75, 3.05) is 11.4 Å². The number of fused-ring (bicyclic) bond motifs is 1. The lowest BCUT2D eigenvalue weighted by molar-refractivity contribution is -0.120. The second-order valence-corrected chi connectivity index (χ2v) is 9.03. The fraction of sp³-hybridized carbons (Fsp3) is 0.400. The first kappa shape index (κ1) is 25.9. The highest BCUT2D eigenvalue weighted by Gasteiger charge is 2.29. The van der Waals surface area contributed by atoms with Gasteiger partial charge in [0.15, 0.2) is 5.58 Å². The Morgan fingerprint density at radius 2 is 1.77 bits per heavy atom. The van der Waals surface area contributed by atoms with Crippen LogP contribution < -0.4 is 16.0 Å². The molecule has 0 fully saturated rings. The highest BCUT2D eigenvalue weighted by Crippen LogP contribution is 2.23. The van der Waals surface area contributed by atoms with E-state index in [1.165, 1.54) is 9.47 Å². The molecule has 0 spiro atoms. The summed E-state index contributed by atoms with van der Waals surface area (Å²) in [5, 5.41) is 2.54. The van der Waals surface area contributed by atoms with E-state index in [-0.39, 0.29) is 18.5 Å². The smallest absolute Gasteiger partial charge is 0.419 e. The largest absolute Gasteiger partial charge is 0.444 e. The third kappa shape index (κ3) is 6.26. The minimum Gasteiger partial charge on any atom is -0.444 e. The molecule has 0 bridgehead atoms. The molecule has 0 aliphatic rings. The maximum atomic E-state index is 13.8. The van der Waals surface area contributed by atoms with Crippen LogP contribution in [0.5, 0.6) is 0 Å². The SMILES string of the molecule is CCN(C(=O)C(Cc1cc(F)cc(F)c1)NC(=O)OC(C)(C)C)c1ccc2oc(=O)n(CC)c2c1. The standard InChI is InChI=1S/C25H29F2N3O5/c1-6-29(18-8-9-21-20(14-18)30(7-2)24(33)34-21)22(31)19(28-23(32)35-25(3,4)5)12-15-10-16(26)13-17(27)11-15/h8-11,13-14,19H,6-7,12H2,1-5H3,(H,28,32). The van der Waals surface area contributed by atoms with E-state index in [1.807, 2.05) is 0 Å². The van der Waals surface area contributed by atoms with Gasteiger partial charge in [-0.15, -0.1) is 0 Å².